The quantitative estimate of drug-likeness (QED) is 0.804. The molecule has 0 aromatic carbocycles. The molecule has 0 saturated carbocycles. The SMILES string of the molecule is CCN(CC(C)C(N)=S)C(=O)c1cc(C)no1. The normalized spacial score (nSPS) is 12.2. The lowest BCUT2D eigenvalue weighted by molar-refractivity contribution is 0.0713. The summed E-state index contributed by atoms with van der Waals surface area (Å²) in [6.07, 6.45) is 0. The van der Waals surface area contributed by atoms with Crippen LogP contribution in [-0.2, 0) is 0 Å². The second-order valence-electron chi connectivity index (χ2n) is 3.98. The smallest absolute Gasteiger partial charge is 0.292 e. The molecule has 0 aliphatic carbocycles. The molecular formula is C11H17N3O2S. The predicted molar refractivity (Wildman–Crippen MR) is 68.8 cm³/mol. The Labute approximate surface area is 106 Å². The molecule has 0 aliphatic rings. The molecular weight excluding hydrogens is 238 g/mol. The highest BCUT2D eigenvalue weighted by atomic mass is 32.1. The van der Waals surface area contributed by atoms with Gasteiger partial charge in [0.1, 0.15) is 0 Å². The van der Waals surface area contributed by atoms with Crippen LogP contribution in [0.4, 0.5) is 0 Å². The Morgan fingerprint density at radius 3 is 2.76 bits per heavy atom. The summed E-state index contributed by atoms with van der Waals surface area (Å²) < 4.78 is 4.95. The van der Waals surface area contributed by atoms with E-state index in [1.807, 2.05) is 13.8 Å². The number of carbonyl (C=O) groups excluding carboxylic acids is 1. The molecule has 0 fully saturated rings. The van der Waals surface area contributed by atoms with Crippen molar-refractivity contribution in [1.82, 2.24) is 10.1 Å². The van der Waals surface area contributed by atoms with Gasteiger partial charge < -0.3 is 15.2 Å². The third-order valence-corrected chi connectivity index (χ3v) is 2.89. The van der Waals surface area contributed by atoms with Crippen LogP contribution in [0, 0.1) is 12.8 Å². The number of nitrogens with zero attached hydrogens (tertiary/aromatic N) is 2. The molecule has 6 heteroatoms. The highest BCUT2D eigenvalue weighted by Crippen LogP contribution is 2.09. The first-order valence-corrected chi connectivity index (χ1v) is 5.88. The van der Waals surface area contributed by atoms with Gasteiger partial charge in [-0.25, -0.2) is 0 Å². The van der Waals surface area contributed by atoms with Gasteiger partial charge in [-0.1, -0.05) is 24.3 Å². The number of hydrogen-bond donors (Lipinski definition) is 1. The monoisotopic (exact) mass is 255 g/mol. The fraction of sp³-hybridized carbons (Fsp3) is 0.545. The van der Waals surface area contributed by atoms with E-state index in [2.05, 4.69) is 5.16 Å². The van der Waals surface area contributed by atoms with Crippen molar-refractivity contribution in [2.45, 2.75) is 20.8 Å². The molecule has 1 amide bonds. The maximum Gasteiger partial charge on any atom is 0.292 e. The van der Waals surface area contributed by atoms with Crippen LogP contribution in [0.2, 0.25) is 0 Å². The van der Waals surface area contributed by atoms with Crippen LogP contribution in [0.1, 0.15) is 30.1 Å². The molecule has 1 rings (SSSR count). The van der Waals surface area contributed by atoms with Gasteiger partial charge in [0, 0.05) is 25.1 Å². The highest BCUT2D eigenvalue weighted by molar-refractivity contribution is 7.80. The summed E-state index contributed by atoms with van der Waals surface area (Å²) in [5, 5.41) is 3.70. The summed E-state index contributed by atoms with van der Waals surface area (Å²) in [4.78, 5) is 14.1. The van der Waals surface area contributed by atoms with Crippen molar-refractivity contribution in [3.63, 3.8) is 0 Å². The van der Waals surface area contributed by atoms with Crippen LogP contribution in [0.3, 0.4) is 0 Å². The fourth-order valence-electron chi connectivity index (χ4n) is 1.40. The number of nitrogens with two attached hydrogens (primary N) is 1. The number of thiocarbonyl (C=S) groups is 1. The van der Waals surface area contributed by atoms with E-state index in [0.717, 1.165) is 0 Å². The third-order valence-electron chi connectivity index (χ3n) is 2.49. The minimum Gasteiger partial charge on any atom is -0.393 e. The van der Waals surface area contributed by atoms with Crippen molar-refractivity contribution < 1.29 is 9.32 Å². The number of carbonyl (C=O) groups is 1. The summed E-state index contributed by atoms with van der Waals surface area (Å²) in [7, 11) is 0. The van der Waals surface area contributed by atoms with Crippen molar-refractivity contribution in [3.8, 4) is 0 Å². The molecule has 17 heavy (non-hydrogen) atoms. The first-order valence-electron chi connectivity index (χ1n) is 5.47. The molecule has 0 saturated heterocycles. The van der Waals surface area contributed by atoms with Crippen molar-refractivity contribution in [1.29, 1.82) is 0 Å². The molecule has 94 valence electrons. The zero-order valence-corrected chi connectivity index (χ0v) is 11.1. The van der Waals surface area contributed by atoms with Crippen molar-refractivity contribution in [2.75, 3.05) is 13.1 Å². The van der Waals surface area contributed by atoms with E-state index < -0.39 is 0 Å². The molecule has 0 bridgehead atoms. The zero-order chi connectivity index (χ0) is 13.0. The number of hydrogen-bond acceptors (Lipinski definition) is 4. The Morgan fingerprint density at radius 2 is 2.35 bits per heavy atom. The summed E-state index contributed by atoms with van der Waals surface area (Å²) in [5.41, 5.74) is 6.23. The van der Waals surface area contributed by atoms with E-state index in [0.29, 0.717) is 23.8 Å². The number of aryl methyl sites for hydroxylation is 1. The predicted octanol–water partition coefficient (Wildman–Crippen LogP) is 1.37. The first kappa shape index (κ1) is 13.6. The Bertz CT molecular complexity index is 417. The van der Waals surface area contributed by atoms with Crippen LogP contribution >= 0.6 is 12.2 Å². The average molecular weight is 255 g/mol. The van der Waals surface area contributed by atoms with Gasteiger partial charge in [-0.15, -0.1) is 0 Å². The number of rotatable bonds is 5. The van der Waals surface area contributed by atoms with Crippen molar-refractivity contribution >= 4 is 23.1 Å². The van der Waals surface area contributed by atoms with E-state index in [-0.39, 0.29) is 17.6 Å². The van der Waals surface area contributed by atoms with Gasteiger partial charge in [0.15, 0.2) is 0 Å². The summed E-state index contributed by atoms with van der Waals surface area (Å²) in [5.74, 6) is 0.0496. The Morgan fingerprint density at radius 1 is 1.71 bits per heavy atom. The molecule has 0 spiro atoms. The summed E-state index contributed by atoms with van der Waals surface area (Å²) in [6.45, 7) is 6.63. The van der Waals surface area contributed by atoms with Gasteiger partial charge in [0.2, 0.25) is 5.76 Å². The van der Waals surface area contributed by atoms with Crippen molar-refractivity contribution in [2.24, 2.45) is 11.7 Å². The van der Waals surface area contributed by atoms with E-state index in [1.54, 1.807) is 17.9 Å². The van der Waals surface area contributed by atoms with Crippen LogP contribution in [-0.4, -0.2) is 34.0 Å². The minimum atomic E-state index is -0.184. The lowest BCUT2D eigenvalue weighted by Crippen LogP contribution is -2.38. The maximum atomic E-state index is 12.1. The zero-order valence-electron chi connectivity index (χ0n) is 10.3. The molecule has 0 radical (unpaired) electrons. The van der Waals surface area contributed by atoms with Gasteiger partial charge in [0.05, 0.1) is 10.7 Å². The van der Waals surface area contributed by atoms with E-state index in [9.17, 15) is 4.79 Å². The van der Waals surface area contributed by atoms with Crippen LogP contribution in [0.25, 0.3) is 0 Å². The van der Waals surface area contributed by atoms with E-state index >= 15 is 0 Å². The summed E-state index contributed by atoms with van der Waals surface area (Å²) >= 11 is 4.90. The van der Waals surface area contributed by atoms with E-state index in [4.69, 9.17) is 22.5 Å². The molecule has 1 heterocycles. The van der Waals surface area contributed by atoms with Gasteiger partial charge in [-0.2, -0.15) is 0 Å². The van der Waals surface area contributed by atoms with Gasteiger partial charge in [0.25, 0.3) is 5.91 Å². The molecule has 1 unspecified atom stereocenters. The summed E-state index contributed by atoms with van der Waals surface area (Å²) in [6, 6.07) is 1.62. The van der Waals surface area contributed by atoms with Gasteiger partial charge >= 0.3 is 0 Å². The first-order chi connectivity index (χ1) is 7.95. The fourth-order valence-corrected chi connectivity index (χ4v) is 1.47. The highest BCUT2D eigenvalue weighted by Gasteiger charge is 2.21. The minimum absolute atomic E-state index is 0.0158. The van der Waals surface area contributed by atoms with Crippen LogP contribution < -0.4 is 5.73 Å². The van der Waals surface area contributed by atoms with Crippen LogP contribution in [0.5, 0.6) is 0 Å². The number of amides is 1. The second kappa shape index (κ2) is 5.77. The largest absolute Gasteiger partial charge is 0.393 e. The molecule has 5 nitrogen and oxygen atoms in total. The Hall–Kier alpha value is -1.43. The van der Waals surface area contributed by atoms with Crippen molar-refractivity contribution in [3.05, 3.63) is 17.5 Å². The standard InChI is InChI=1S/C11H17N3O2S/c1-4-14(6-7(2)10(12)17)11(15)9-5-8(3)13-16-9/h5,7H,4,6H2,1-3H3,(H2,12,17). The van der Waals surface area contributed by atoms with Crippen LogP contribution in [0.15, 0.2) is 10.6 Å². The Kier molecular flexibility index (Phi) is 4.62. The molecule has 2 N–H and O–H groups in total. The topological polar surface area (TPSA) is 72.4 Å². The average Bonchev–Trinajstić information content (AvgIpc) is 2.71. The maximum absolute atomic E-state index is 12.1. The molecule has 1 atom stereocenters. The van der Waals surface area contributed by atoms with Gasteiger partial charge in [-0.05, 0) is 13.8 Å². The Balaban J connectivity index is 2.74. The second-order valence-corrected chi connectivity index (χ2v) is 4.45. The lowest BCUT2D eigenvalue weighted by atomic mass is 10.1. The van der Waals surface area contributed by atoms with E-state index in [1.165, 1.54) is 0 Å². The number of aromatic nitrogens is 1. The molecule has 1 aromatic rings. The molecule has 0 aliphatic heterocycles. The third kappa shape index (κ3) is 3.52. The van der Waals surface area contributed by atoms with Gasteiger partial charge in [-0.3, -0.25) is 4.79 Å². The lowest BCUT2D eigenvalue weighted by Gasteiger charge is -2.22. The molecule has 1 aromatic heterocycles.